The molecule has 3 nitrogen and oxygen atoms in total. The van der Waals surface area contributed by atoms with Crippen LogP contribution in [0.5, 0.6) is 0 Å². The summed E-state index contributed by atoms with van der Waals surface area (Å²) in [5.41, 5.74) is 3.07. The smallest absolute Gasteiger partial charge is 0.126 e. The molecule has 0 bridgehead atoms. The molecule has 0 spiro atoms. The molecular formula is C17H14FN3. The molecule has 0 saturated heterocycles. The zero-order valence-electron chi connectivity index (χ0n) is 11.3. The van der Waals surface area contributed by atoms with E-state index in [0.29, 0.717) is 6.54 Å². The monoisotopic (exact) mass is 279 g/mol. The van der Waals surface area contributed by atoms with Gasteiger partial charge in [0.25, 0.3) is 0 Å². The Labute approximate surface area is 122 Å². The molecule has 4 heteroatoms. The summed E-state index contributed by atoms with van der Waals surface area (Å²) in [4.78, 5) is 8.47. The van der Waals surface area contributed by atoms with Crippen LogP contribution in [0.4, 0.5) is 10.2 Å². The molecular weight excluding hydrogens is 265 g/mol. The third-order valence-corrected chi connectivity index (χ3v) is 3.15. The van der Waals surface area contributed by atoms with Gasteiger partial charge in [-0.3, -0.25) is 4.98 Å². The van der Waals surface area contributed by atoms with Gasteiger partial charge in [-0.2, -0.15) is 0 Å². The van der Waals surface area contributed by atoms with Crippen LogP contribution in [0.1, 0.15) is 5.56 Å². The van der Waals surface area contributed by atoms with E-state index >= 15 is 0 Å². The number of halogens is 1. The van der Waals surface area contributed by atoms with Crippen molar-refractivity contribution >= 4 is 5.82 Å². The lowest BCUT2D eigenvalue weighted by Crippen LogP contribution is -2.01. The average molecular weight is 279 g/mol. The molecule has 0 amide bonds. The summed E-state index contributed by atoms with van der Waals surface area (Å²) in [6, 6.07) is 14.2. The van der Waals surface area contributed by atoms with E-state index in [2.05, 4.69) is 15.3 Å². The van der Waals surface area contributed by atoms with Gasteiger partial charge in [-0.15, -0.1) is 0 Å². The van der Waals surface area contributed by atoms with Gasteiger partial charge in [0, 0.05) is 36.3 Å². The molecule has 0 aliphatic heterocycles. The Kier molecular flexibility index (Phi) is 3.87. The highest BCUT2D eigenvalue weighted by atomic mass is 19.1. The van der Waals surface area contributed by atoms with Gasteiger partial charge in [-0.05, 0) is 35.9 Å². The Balaban J connectivity index is 1.66. The van der Waals surface area contributed by atoms with Crippen molar-refractivity contribution in [1.29, 1.82) is 0 Å². The second-order valence-corrected chi connectivity index (χ2v) is 4.65. The summed E-state index contributed by atoms with van der Waals surface area (Å²) in [5.74, 6) is 0.560. The second kappa shape index (κ2) is 6.13. The standard InChI is InChI=1S/C17H14FN3/c18-16-6-3-13(4-7-16)10-20-17-8-5-15(12-21-17)14-2-1-9-19-11-14/h1-9,11-12H,10H2,(H,20,21). The van der Waals surface area contributed by atoms with Crippen LogP contribution in [0.2, 0.25) is 0 Å². The number of aromatic nitrogens is 2. The van der Waals surface area contributed by atoms with E-state index in [-0.39, 0.29) is 5.82 Å². The Morgan fingerprint density at radius 3 is 2.38 bits per heavy atom. The number of rotatable bonds is 4. The average Bonchev–Trinajstić information content (AvgIpc) is 2.56. The van der Waals surface area contributed by atoms with Gasteiger partial charge < -0.3 is 5.32 Å². The van der Waals surface area contributed by atoms with Crippen LogP contribution in [0.25, 0.3) is 11.1 Å². The predicted molar refractivity (Wildman–Crippen MR) is 81.2 cm³/mol. The summed E-state index contributed by atoms with van der Waals surface area (Å²) in [6.07, 6.45) is 5.36. The van der Waals surface area contributed by atoms with Gasteiger partial charge in [0.1, 0.15) is 11.6 Å². The number of hydrogen-bond acceptors (Lipinski definition) is 3. The first-order valence-electron chi connectivity index (χ1n) is 6.66. The van der Waals surface area contributed by atoms with Crippen LogP contribution < -0.4 is 5.32 Å². The highest BCUT2D eigenvalue weighted by Gasteiger charge is 1.99. The fourth-order valence-electron chi connectivity index (χ4n) is 2.00. The topological polar surface area (TPSA) is 37.8 Å². The van der Waals surface area contributed by atoms with Crippen molar-refractivity contribution in [3.63, 3.8) is 0 Å². The number of hydrogen-bond donors (Lipinski definition) is 1. The summed E-state index contributed by atoms with van der Waals surface area (Å²) >= 11 is 0. The molecule has 0 radical (unpaired) electrons. The summed E-state index contributed by atoms with van der Waals surface area (Å²) in [7, 11) is 0. The van der Waals surface area contributed by atoms with Crippen LogP contribution in [0.15, 0.2) is 67.1 Å². The van der Waals surface area contributed by atoms with Crippen LogP contribution in [-0.2, 0) is 6.54 Å². The summed E-state index contributed by atoms with van der Waals surface area (Å²) in [5, 5.41) is 3.21. The maximum atomic E-state index is 12.8. The molecule has 21 heavy (non-hydrogen) atoms. The molecule has 3 aromatic rings. The first-order chi connectivity index (χ1) is 10.3. The van der Waals surface area contributed by atoms with Crippen molar-refractivity contribution < 1.29 is 4.39 Å². The molecule has 0 aliphatic carbocycles. The molecule has 1 N–H and O–H groups in total. The minimum Gasteiger partial charge on any atom is -0.366 e. The third kappa shape index (κ3) is 3.42. The molecule has 0 unspecified atom stereocenters. The molecule has 0 saturated carbocycles. The van der Waals surface area contributed by atoms with Crippen molar-refractivity contribution in [1.82, 2.24) is 9.97 Å². The van der Waals surface area contributed by atoms with Gasteiger partial charge >= 0.3 is 0 Å². The largest absolute Gasteiger partial charge is 0.366 e. The van der Waals surface area contributed by atoms with Crippen LogP contribution in [-0.4, -0.2) is 9.97 Å². The Hall–Kier alpha value is -2.75. The molecule has 3 rings (SSSR count). The first kappa shape index (κ1) is 13.2. The lowest BCUT2D eigenvalue weighted by molar-refractivity contribution is 0.627. The zero-order chi connectivity index (χ0) is 14.5. The third-order valence-electron chi connectivity index (χ3n) is 3.15. The van der Waals surface area contributed by atoms with E-state index in [1.54, 1.807) is 18.3 Å². The minimum absolute atomic E-state index is 0.224. The maximum absolute atomic E-state index is 12.8. The van der Waals surface area contributed by atoms with Crippen molar-refractivity contribution in [2.24, 2.45) is 0 Å². The first-order valence-corrected chi connectivity index (χ1v) is 6.66. The van der Waals surface area contributed by atoms with Gasteiger partial charge in [-0.25, -0.2) is 9.37 Å². The molecule has 104 valence electrons. The Morgan fingerprint density at radius 1 is 0.905 bits per heavy atom. The van der Waals surface area contributed by atoms with E-state index in [4.69, 9.17) is 0 Å². The predicted octanol–water partition coefficient (Wildman–Crippen LogP) is 3.89. The quantitative estimate of drug-likeness (QED) is 0.787. The van der Waals surface area contributed by atoms with E-state index in [1.807, 2.05) is 36.7 Å². The highest BCUT2D eigenvalue weighted by molar-refractivity contribution is 5.62. The van der Waals surface area contributed by atoms with Crippen LogP contribution in [0.3, 0.4) is 0 Å². The number of anilines is 1. The van der Waals surface area contributed by atoms with Gasteiger partial charge in [0.2, 0.25) is 0 Å². The lowest BCUT2D eigenvalue weighted by Gasteiger charge is -2.07. The Bertz CT molecular complexity index is 694. The highest BCUT2D eigenvalue weighted by Crippen LogP contribution is 2.18. The maximum Gasteiger partial charge on any atom is 0.126 e. The minimum atomic E-state index is -0.224. The molecule has 1 aromatic carbocycles. The normalized spacial score (nSPS) is 10.3. The molecule has 2 aromatic heterocycles. The van der Waals surface area contributed by atoms with Gasteiger partial charge in [-0.1, -0.05) is 18.2 Å². The second-order valence-electron chi connectivity index (χ2n) is 4.65. The van der Waals surface area contributed by atoms with Crippen molar-refractivity contribution in [2.45, 2.75) is 6.54 Å². The van der Waals surface area contributed by atoms with Crippen LogP contribution in [0, 0.1) is 5.82 Å². The Morgan fingerprint density at radius 2 is 1.71 bits per heavy atom. The number of nitrogens with zero attached hydrogens (tertiary/aromatic N) is 2. The van der Waals surface area contributed by atoms with E-state index in [0.717, 1.165) is 22.5 Å². The number of nitrogens with one attached hydrogen (secondary N) is 1. The van der Waals surface area contributed by atoms with E-state index < -0.39 is 0 Å². The van der Waals surface area contributed by atoms with Crippen molar-refractivity contribution in [3.05, 3.63) is 78.5 Å². The van der Waals surface area contributed by atoms with Gasteiger partial charge in [0.05, 0.1) is 0 Å². The number of pyridine rings is 2. The fourth-order valence-corrected chi connectivity index (χ4v) is 2.00. The summed E-state index contributed by atoms with van der Waals surface area (Å²) in [6.45, 7) is 0.611. The summed E-state index contributed by atoms with van der Waals surface area (Å²) < 4.78 is 12.8. The zero-order valence-corrected chi connectivity index (χ0v) is 11.3. The molecule has 0 atom stereocenters. The van der Waals surface area contributed by atoms with Gasteiger partial charge in [0.15, 0.2) is 0 Å². The fraction of sp³-hybridized carbons (Fsp3) is 0.0588. The molecule has 2 heterocycles. The van der Waals surface area contributed by atoms with E-state index in [1.165, 1.54) is 12.1 Å². The van der Waals surface area contributed by atoms with Crippen molar-refractivity contribution in [3.8, 4) is 11.1 Å². The SMILES string of the molecule is Fc1ccc(CNc2ccc(-c3cccnc3)cn2)cc1. The van der Waals surface area contributed by atoms with Crippen LogP contribution >= 0.6 is 0 Å². The molecule has 0 aliphatic rings. The molecule has 0 fully saturated rings. The lowest BCUT2D eigenvalue weighted by atomic mass is 10.1. The van der Waals surface area contributed by atoms with E-state index in [9.17, 15) is 4.39 Å². The van der Waals surface area contributed by atoms with Crippen molar-refractivity contribution in [2.75, 3.05) is 5.32 Å². The number of benzene rings is 1.